The molecule has 1 N–H and O–H groups in total. The van der Waals surface area contributed by atoms with Gasteiger partial charge in [0.15, 0.2) is 0 Å². The molecule has 0 heterocycles. The first kappa shape index (κ1) is 19.8. The van der Waals surface area contributed by atoms with Crippen molar-refractivity contribution in [2.45, 2.75) is 20.3 Å². The second kappa shape index (κ2) is 8.71. The summed E-state index contributed by atoms with van der Waals surface area (Å²) in [6.07, 6.45) is 1.76. The van der Waals surface area contributed by atoms with E-state index in [0.717, 1.165) is 16.1 Å². The number of para-hydroxylation sites is 3. The maximum atomic E-state index is 12.5. The molecule has 0 unspecified atom stereocenters. The zero-order valence-electron chi connectivity index (χ0n) is 15.2. The fourth-order valence-electron chi connectivity index (χ4n) is 2.61. The lowest BCUT2D eigenvalue weighted by molar-refractivity contribution is -0.114. The van der Waals surface area contributed by atoms with Crippen LogP contribution in [0, 0.1) is 0 Å². The summed E-state index contributed by atoms with van der Waals surface area (Å²) in [7, 11) is -3.62. The van der Waals surface area contributed by atoms with Crippen LogP contribution in [0.4, 0.5) is 11.4 Å². The third-order valence-electron chi connectivity index (χ3n) is 3.79. The highest BCUT2D eigenvalue weighted by Gasteiger charge is 2.23. The van der Waals surface area contributed by atoms with Crippen LogP contribution in [0.15, 0.2) is 48.5 Å². The van der Waals surface area contributed by atoms with Crippen molar-refractivity contribution >= 4 is 27.3 Å². The van der Waals surface area contributed by atoms with Crippen molar-refractivity contribution in [1.82, 2.24) is 0 Å². The molecule has 0 aliphatic rings. The number of nitrogens with one attached hydrogen (secondary N) is 1. The molecule has 0 atom stereocenters. The minimum Gasteiger partial charge on any atom is -0.492 e. The first-order valence-electron chi connectivity index (χ1n) is 8.44. The van der Waals surface area contributed by atoms with Crippen molar-refractivity contribution in [3.05, 3.63) is 54.1 Å². The standard InChI is InChI=1S/C19H24N2O4S/c1-4-15-10-6-8-12-17(15)21(26(3,23)24)14-19(22)20-16-11-7-9-13-18(16)25-5-2/h6-13H,4-5,14H2,1-3H3,(H,20,22). The number of nitrogens with zero attached hydrogens (tertiary/aromatic N) is 1. The van der Waals surface area contributed by atoms with E-state index in [9.17, 15) is 13.2 Å². The molecule has 2 aromatic rings. The first-order chi connectivity index (χ1) is 12.4. The number of carbonyl (C=O) groups excluding carboxylic acids is 1. The summed E-state index contributed by atoms with van der Waals surface area (Å²) in [6, 6.07) is 14.2. The van der Waals surface area contributed by atoms with Crippen molar-refractivity contribution in [2.75, 3.05) is 29.0 Å². The summed E-state index contributed by atoms with van der Waals surface area (Å²) < 4.78 is 31.2. The minimum atomic E-state index is -3.62. The second-order valence-electron chi connectivity index (χ2n) is 5.73. The molecule has 6 nitrogen and oxygen atoms in total. The molecule has 26 heavy (non-hydrogen) atoms. The molecule has 0 saturated heterocycles. The smallest absolute Gasteiger partial charge is 0.245 e. The number of hydrogen-bond acceptors (Lipinski definition) is 4. The fraction of sp³-hybridized carbons (Fsp3) is 0.316. The Morgan fingerprint density at radius 1 is 1.08 bits per heavy atom. The predicted octanol–water partition coefficient (Wildman–Crippen LogP) is 3.05. The average Bonchev–Trinajstić information content (AvgIpc) is 2.60. The number of ether oxygens (including phenoxy) is 1. The van der Waals surface area contributed by atoms with E-state index < -0.39 is 15.9 Å². The molecule has 2 rings (SSSR count). The van der Waals surface area contributed by atoms with Gasteiger partial charge in [-0.2, -0.15) is 0 Å². The van der Waals surface area contributed by atoms with E-state index in [2.05, 4.69) is 5.32 Å². The van der Waals surface area contributed by atoms with E-state index in [1.165, 1.54) is 0 Å². The van der Waals surface area contributed by atoms with Crippen molar-refractivity contribution in [3.8, 4) is 5.75 Å². The lowest BCUT2D eigenvalue weighted by Gasteiger charge is -2.24. The van der Waals surface area contributed by atoms with Gasteiger partial charge in [-0.05, 0) is 37.1 Å². The van der Waals surface area contributed by atoms with Crippen LogP contribution in [-0.4, -0.2) is 33.7 Å². The molecule has 0 saturated carbocycles. The highest BCUT2D eigenvalue weighted by Crippen LogP contribution is 2.25. The Kier molecular flexibility index (Phi) is 6.63. The lowest BCUT2D eigenvalue weighted by atomic mass is 10.1. The Balaban J connectivity index is 2.26. The Bertz CT molecular complexity index is 865. The van der Waals surface area contributed by atoms with E-state index in [1.54, 1.807) is 36.4 Å². The van der Waals surface area contributed by atoms with E-state index in [0.29, 0.717) is 30.2 Å². The summed E-state index contributed by atoms with van der Waals surface area (Å²) in [6.45, 7) is 3.95. The average molecular weight is 376 g/mol. The predicted molar refractivity (Wildman–Crippen MR) is 104 cm³/mol. The Labute approximate surface area is 154 Å². The molecule has 0 radical (unpaired) electrons. The fourth-order valence-corrected chi connectivity index (χ4v) is 3.49. The van der Waals surface area contributed by atoms with Crippen molar-refractivity contribution in [3.63, 3.8) is 0 Å². The molecule has 0 spiro atoms. The third kappa shape index (κ3) is 4.98. The SMILES string of the molecule is CCOc1ccccc1NC(=O)CN(c1ccccc1CC)S(C)(=O)=O. The van der Waals surface area contributed by atoms with Crippen molar-refractivity contribution < 1.29 is 17.9 Å². The van der Waals surface area contributed by atoms with Gasteiger partial charge in [-0.25, -0.2) is 8.42 Å². The highest BCUT2D eigenvalue weighted by atomic mass is 32.2. The molecule has 7 heteroatoms. The minimum absolute atomic E-state index is 0.309. The lowest BCUT2D eigenvalue weighted by Crippen LogP contribution is -2.38. The van der Waals surface area contributed by atoms with Gasteiger partial charge in [0.25, 0.3) is 0 Å². The largest absolute Gasteiger partial charge is 0.492 e. The van der Waals surface area contributed by atoms with Gasteiger partial charge in [0.05, 0.1) is 24.2 Å². The van der Waals surface area contributed by atoms with Gasteiger partial charge in [-0.1, -0.05) is 37.3 Å². The number of sulfonamides is 1. The number of benzene rings is 2. The third-order valence-corrected chi connectivity index (χ3v) is 4.92. The van der Waals surface area contributed by atoms with Crippen LogP contribution in [0.2, 0.25) is 0 Å². The molecule has 0 aliphatic carbocycles. The van der Waals surface area contributed by atoms with Crippen LogP contribution < -0.4 is 14.4 Å². The van der Waals surface area contributed by atoms with E-state index in [1.807, 2.05) is 26.0 Å². The zero-order chi connectivity index (χ0) is 19.2. The summed E-state index contributed by atoms with van der Waals surface area (Å²) in [5.41, 5.74) is 1.89. The van der Waals surface area contributed by atoms with Gasteiger partial charge in [-0.15, -0.1) is 0 Å². The van der Waals surface area contributed by atoms with Gasteiger partial charge in [0.2, 0.25) is 15.9 Å². The maximum absolute atomic E-state index is 12.5. The number of aryl methyl sites for hydroxylation is 1. The van der Waals surface area contributed by atoms with Gasteiger partial charge in [0.1, 0.15) is 12.3 Å². The van der Waals surface area contributed by atoms with Gasteiger partial charge in [-0.3, -0.25) is 9.10 Å². The molecule has 0 aliphatic heterocycles. The summed E-state index contributed by atoms with van der Waals surface area (Å²) in [4.78, 5) is 12.5. The Morgan fingerprint density at radius 2 is 1.73 bits per heavy atom. The quantitative estimate of drug-likeness (QED) is 0.768. The van der Waals surface area contributed by atoms with E-state index in [-0.39, 0.29) is 6.54 Å². The van der Waals surface area contributed by atoms with Crippen molar-refractivity contribution in [2.24, 2.45) is 0 Å². The van der Waals surface area contributed by atoms with Crippen LogP contribution >= 0.6 is 0 Å². The first-order valence-corrected chi connectivity index (χ1v) is 10.3. The normalized spacial score (nSPS) is 11.0. The molecular formula is C19H24N2O4S. The topological polar surface area (TPSA) is 75.7 Å². The van der Waals surface area contributed by atoms with Crippen LogP contribution in [0.25, 0.3) is 0 Å². The number of anilines is 2. The molecule has 140 valence electrons. The molecule has 0 fully saturated rings. The molecule has 1 amide bonds. The maximum Gasteiger partial charge on any atom is 0.245 e. The summed E-state index contributed by atoms with van der Waals surface area (Å²) in [5, 5.41) is 2.74. The molecule has 0 bridgehead atoms. The van der Waals surface area contributed by atoms with Crippen LogP contribution in [0.5, 0.6) is 5.75 Å². The number of amides is 1. The van der Waals surface area contributed by atoms with Gasteiger partial charge >= 0.3 is 0 Å². The molecular weight excluding hydrogens is 352 g/mol. The molecule has 2 aromatic carbocycles. The summed E-state index contributed by atoms with van der Waals surface area (Å²) >= 11 is 0. The van der Waals surface area contributed by atoms with Crippen LogP contribution in [-0.2, 0) is 21.2 Å². The van der Waals surface area contributed by atoms with Crippen LogP contribution in [0.3, 0.4) is 0 Å². The van der Waals surface area contributed by atoms with E-state index in [4.69, 9.17) is 4.74 Å². The van der Waals surface area contributed by atoms with Gasteiger partial charge in [0, 0.05) is 0 Å². The van der Waals surface area contributed by atoms with E-state index >= 15 is 0 Å². The monoisotopic (exact) mass is 376 g/mol. The highest BCUT2D eigenvalue weighted by molar-refractivity contribution is 7.92. The van der Waals surface area contributed by atoms with Gasteiger partial charge < -0.3 is 10.1 Å². The Hall–Kier alpha value is -2.54. The zero-order valence-corrected chi connectivity index (χ0v) is 16.0. The van der Waals surface area contributed by atoms with Crippen molar-refractivity contribution in [1.29, 1.82) is 0 Å². The number of hydrogen-bond donors (Lipinski definition) is 1. The Morgan fingerprint density at radius 3 is 2.38 bits per heavy atom. The summed E-state index contributed by atoms with van der Waals surface area (Å²) in [5.74, 6) is 0.108. The molecule has 0 aromatic heterocycles. The van der Waals surface area contributed by atoms with Crippen LogP contribution in [0.1, 0.15) is 19.4 Å². The number of rotatable bonds is 8. The number of carbonyl (C=O) groups is 1. The second-order valence-corrected chi connectivity index (χ2v) is 7.64.